The molecule has 1 aromatic heterocycles. The van der Waals surface area contributed by atoms with Gasteiger partial charge in [-0.1, -0.05) is 79.6 Å². The van der Waals surface area contributed by atoms with E-state index >= 15 is 0 Å². The van der Waals surface area contributed by atoms with E-state index in [1.54, 1.807) is 18.7 Å². The van der Waals surface area contributed by atoms with Crippen LogP contribution in [-0.2, 0) is 29.6 Å². The number of nitrogens with zero attached hydrogens (tertiary/aromatic N) is 2. The van der Waals surface area contributed by atoms with Gasteiger partial charge in [-0.3, -0.25) is 14.2 Å². The van der Waals surface area contributed by atoms with Crippen molar-refractivity contribution in [3.63, 3.8) is 0 Å². The summed E-state index contributed by atoms with van der Waals surface area (Å²) < 4.78 is 6.92. The number of rotatable bonds is 11. The summed E-state index contributed by atoms with van der Waals surface area (Å²) in [7, 11) is 3.31. The van der Waals surface area contributed by atoms with Crippen molar-refractivity contribution in [1.29, 1.82) is 0 Å². The number of aromatic nitrogens is 2. The molecule has 180 valence electrons. The van der Waals surface area contributed by atoms with Gasteiger partial charge >= 0.3 is 0 Å². The lowest BCUT2D eigenvalue weighted by Gasteiger charge is -2.19. The lowest BCUT2D eigenvalue weighted by atomic mass is 10.0. The summed E-state index contributed by atoms with van der Waals surface area (Å²) in [5.41, 5.74) is 4.06. The fourth-order valence-corrected chi connectivity index (χ4v) is 4.74. The fraction of sp³-hybridized carbons (Fsp3) is 0.370. The Bertz CT molecular complexity index is 1140. The highest BCUT2D eigenvalue weighted by Crippen LogP contribution is 2.27. The number of thioether (sulfide) groups is 1. The molecule has 1 amide bonds. The summed E-state index contributed by atoms with van der Waals surface area (Å²) in [6.07, 6.45) is 3.06. The van der Waals surface area contributed by atoms with Crippen molar-refractivity contribution < 1.29 is 9.53 Å². The number of methoxy groups -OCH3 is 1. The molecule has 0 saturated carbocycles. The maximum Gasteiger partial charge on any atom is 0.257 e. The SMILES string of the molecule is CCCCC(Sc1nc(COC)c(Cc2ccccc2)c(=O)n1C)C(=O)Nc1ccc(C)cc1. The first-order valence-electron chi connectivity index (χ1n) is 11.6. The molecule has 6 nitrogen and oxygen atoms in total. The summed E-state index contributed by atoms with van der Waals surface area (Å²) in [4.78, 5) is 31.3. The molecule has 2 aromatic carbocycles. The predicted octanol–water partition coefficient (Wildman–Crippen LogP) is 5.12. The molecule has 1 N–H and O–H groups in total. The minimum Gasteiger partial charge on any atom is -0.378 e. The van der Waals surface area contributed by atoms with Crippen LogP contribution in [0.5, 0.6) is 0 Å². The van der Waals surface area contributed by atoms with Crippen LogP contribution in [0.3, 0.4) is 0 Å². The summed E-state index contributed by atoms with van der Waals surface area (Å²) in [5, 5.41) is 3.17. The van der Waals surface area contributed by atoms with Crippen molar-refractivity contribution in [2.75, 3.05) is 12.4 Å². The number of hydrogen-bond acceptors (Lipinski definition) is 5. The highest BCUT2D eigenvalue weighted by atomic mass is 32.2. The second-order valence-electron chi connectivity index (χ2n) is 8.38. The first-order valence-corrected chi connectivity index (χ1v) is 12.5. The van der Waals surface area contributed by atoms with Crippen molar-refractivity contribution in [2.45, 2.75) is 56.5 Å². The maximum absolute atomic E-state index is 13.3. The Balaban J connectivity index is 1.89. The van der Waals surface area contributed by atoms with Gasteiger partial charge in [0.05, 0.1) is 17.6 Å². The van der Waals surface area contributed by atoms with E-state index in [0.717, 1.165) is 29.7 Å². The van der Waals surface area contributed by atoms with Crippen LogP contribution in [-0.4, -0.2) is 27.8 Å². The highest BCUT2D eigenvalue weighted by Gasteiger charge is 2.24. The molecule has 34 heavy (non-hydrogen) atoms. The molecule has 0 spiro atoms. The van der Waals surface area contributed by atoms with Gasteiger partial charge in [0, 0.05) is 31.8 Å². The molecule has 1 heterocycles. The number of aryl methyl sites for hydroxylation is 1. The van der Waals surface area contributed by atoms with Gasteiger partial charge in [-0.05, 0) is 31.0 Å². The zero-order valence-electron chi connectivity index (χ0n) is 20.3. The van der Waals surface area contributed by atoms with Crippen molar-refractivity contribution in [1.82, 2.24) is 9.55 Å². The van der Waals surface area contributed by atoms with Crippen LogP contribution in [0, 0.1) is 6.92 Å². The second-order valence-corrected chi connectivity index (χ2v) is 9.55. The molecule has 1 atom stereocenters. The molecule has 0 aliphatic carbocycles. The molecule has 0 bridgehead atoms. The lowest BCUT2D eigenvalue weighted by molar-refractivity contribution is -0.115. The molecular formula is C27H33N3O3S. The smallest absolute Gasteiger partial charge is 0.257 e. The van der Waals surface area contributed by atoms with Gasteiger partial charge < -0.3 is 10.1 Å². The minimum atomic E-state index is -0.366. The number of ether oxygens (including phenoxy) is 1. The summed E-state index contributed by atoms with van der Waals surface area (Å²) in [6.45, 7) is 4.35. The van der Waals surface area contributed by atoms with Gasteiger partial charge in [-0.25, -0.2) is 4.98 Å². The van der Waals surface area contributed by atoms with E-state index in [1.165, 1.54) is 11.8 Å². The summed E-state index contributed by atoms with van der Waals surface area (Å²) in [6, 6.07) is 17.6. The summed E-state index contributed by atoms with van der Waals surface area (Å²) in [5.74, 6) is -0.0850. The van der Waals surface area contributed by atoms with Gasteiger partial charge in [0.2, 0.25) is 5.91 Å². The third-order valence-corrected chi connectivity index (χ3v) is 6.92. The van der Waals surface area contributed by atoms with E-state index in [-0.39, 0.29) is 23.3 Å². The zero-order chi connectivity index (χ0) is 24.5. The van der Waals surface area contributed by atoms with Crippen LogP contribution in [0.1, 0.15) is 48.6 Å². The Morgan fingerprint density at radius 1 is 1.15 bits per heavy atom. The van der Waals surface area contributed by atoms with Crippen LogP contribution in [0.2, 0.25) is 0 Å². The maximum atomic E-state index is 13.3. The predicted molar refractivity (Wildman–Crippen MR) is 138 cm³/mol. The highest BCUT2D eigenvalue weighted by molar-refractivity contribution is 8.00. The Morgan fingerprint density at radius 2 is 1.85 bits per heavy atom. The number of hydrogen-bond donors (Lipinski definition) is 1. The molecule has 0 fully saturated rings. The average molecular weight is 480 g/mol. The minimum absolute atomic E-state index is 0.0850. The van der Waals surface area contributed by atoms with Crippen LogP contribution >= 0.6 is 11.8 Å². The summed E-state index contributed by atoms with van der Waals surface area (Å²) >= 11 is 1.34. The van der Waals surface area contributed by atoms with Crippen LogP contribution in [0.4, 0.5) is 5.69 Å². The van der Waals surface area contributed by atoms with E-state index in [1.807, 2.05) is 61.5 Å². The van der Waals surface area contributed by atoms with Crippen molar-refractivity contribution >= 4 is 23.4 Å². The van der Waals surface area contributed by atoms with Gasteiger partial charge in [-0.2, -0.15) is 0 Å². The monoisotopic (exact) mass is 479 g/mol. The first-order chi connectivity index (χ1) is 16.4. The number of carbonyl (C=O) groups excluding carboxylic acids is 1. The number of benzene rings is 2. The van der Waals surface area contributed by atoms with Crippen molar-refractivity contribution in [2.24, 2.45) is 7.05 Å². The molecule has 0 aliphatic heterocycles. The van der Waals surface area contributed by atoms with Crippen molar-refractivity contribution in [3.8, 4) is 0 Å². The van der Waals surface area contributed by atoms with E-state index < -0.39 is 0 Å². The van der Waals surface area contributed by atoms with E-state index in [9.17, 15) is 9.59 Å². The molecular weight excluding hydrogens is 446 g/mol. The molecule has 7 heteroatoms. The number of unbranched alkanes of at least 4 members (excludes halogenated alkanes) is 1. The number of amides is 1. The van der Waals surface area contributed by atoms with Crippen LogP contribution in [0.25, 0.3) is 0 Å². The van der Waals surface area contributed by atoms with Crippen molar-refractivity contribution in [3.05, 3.63) is 87.3 Å². The Morgan fingerprint density at radius 3 is 2.50 bits per heavy atom. The Labute approximate surface area is 205 Å². The molecule has 0 radical (unpaired) electrons. The van der Waals surface area contributed by atoms with Gasteiger partial charge in [0.15, 0.2) is 5.16 Å². The first kappa shape index (κ1) is 25.7. The average Bonchev–Trinajstić information content (AvgIpc) is 2.84. The fourth-order valence-electron chi connectivity index (χ4n) is 3.63. The van der Waals surface area contributed by atoms with E-state index in [0.29, 0.717) is 29.3 Å². The van der Waals surface area contributed by atoms with E-state index in [2.05, 4.69) is 12.2 Å². The molecule has 1 unspecified atom stereocenters. The normalized spacial score (nSPS) is 11.9. The molecule has 3 aromatic rings. The Hall–Kier alpha value is -2.90. The quantitative estimate of drug-likeness (QED) is 0.305. The number of anilines is 1. The number of carbonyl (C=O) groups is 1. The molecule has 0 aliphatic rings. The number of nitrogens with one attached hydrogen (secondary N) is 1. The molecule has 0 saturated heterocycles. The third kappa shape index (κ3) is 6.81. The van der Waals surface area contributed by atoms with Crippen LogP contribution < -0.4 is 10.9 Å². The topological polar surface area (TPSA) is 73.2 Å². The lowest BCUT2D eigenvalue weighted by Crippen LogP contribution is -2.30. The van der Waals surface area contributed by atoms with Gasteiger partial charge in [-0.15, -0.1) is 0 Å². The standard InChI is InChI=1S/C27H33N3O3S/c1-5-6-12-24(25(31)28-21-15-13-19(2)14-16-21)34-27-29-23(18-33-4)22(26(32)30(27)3)17-20-10-8-7-9-11-20/h7-11,13-16,24H,5-6,12,17-18H2,1-4H3,(H,28,31). The van der Waals surface area contributed by atoms with Gasteiger partial charge in [0.25, 0.3) is 5.56 Å². The van der Waals surface area contributed by atoms with Crippen LogP contribution in [0.15, 0.2) is 64.5 Å². The zero-order valence-corrected chi connectivity index (χ0v) is 21.2. The molecule has 3 rings (SSSR count). The largest absolute Gasteiger partial charge is 0.378 e. The van der Waals surface area contributed by atoms with Gasteiger partial charge in [0.1, 0.15) is 0 Å². The van der Waals surface area contributed by atoms with E-state index in [4.69, 9.17) is 9.72 Å². The third-order valence-electron chi connectivity index (χ3n) is 5.61. The Kier molecular flexibility index (Phi) is 9.48. The second kappa shape index (κ2) is 12.5.